The summed E-state index contributed by atoms with van der Waals surface area (Å²) in [6, 6.07) is 12.2. The molecule has 1 aliphatic rings. The first-order valence-electron chi connectivity index (χ1n) is 12.6. The summed E-state index contributed by atoms with van der Waals surface area (Å²) in [6.07, 6.45) is 1.11. The van der Waals surface area contributed by atoms with Crippen LogP contribution < -0.4 is 4.74 Å². The van der Waals surface area contributed by atoms with Gasteiger partial charge in [0, 0.05) is 33.9 Å². The van der Waals surface area contributed by atoms with E-state index in [1.165, 1.54) is 0 Å². The number of nitrogens with zero attached hydrogens (tertiary/aromatic N) is 2. The van der Waals surface area contributed by atoms with Crippen molar-refractivity contribution in [2.45, 2.75) is 70.1 Å². The van der Waals surface area contributed by atoms with E-state index in [2.05, 4.69) is 0 Å². The Morgan fingerprint density at radius 2 is 1.53 bits per heavy atom. The Labute approximate surface area is 226 Å². The molecule has 204 valence electrons. The summed E-state index contributed by atoms with van der Waals surface area (Å²) in [6.45, 7) is 11.3. The molecular formula is C29H36N2O6S. The van der Waals surface area contributed by atoms with E-state index in [0.29, 0.717) is 34.8 Å². The Morgan fingerprint density at radius 3 is 2.08 bits per heavy atom. The summed E-state index contributed by atoms with van der Waals surface area (Å²) in [5, 5.41) is 0.820. The Morgan fingerprint density at radius 1 is 0.921 bits per heavy atom. The summed E-state index contributed by atoms with van der Waals surface area (Å²) < 4.78 is 30.9. The zero-order chi connectivity index (χ0) is 28.0. The number of hydrogen-bond donors (Lipinski definition) is 0. The molecule has 2 heterocycles. The van der Waals surface area contributed by atoms with Gasteiger partial charge in [-0.25, -0.2) is 14.2 Å². The molecule has 0 radical (unpaired) electrons. The Hall–Kier alpha value is -3.33. The van der Waals surface area contributed by atoms with E-state index in [1.54, 1.807) is 35.0 Å². The number of benzene rings is 2. The fourth-order valence-electron chi connectivity index (χ4n) is 4.74. The number of ether oxygens (including phenoxy) is 3. The zero-order valence-electron chi connectivity index (χ0n) is 23.3. The van der Waals surface area contributed by atoms with Crippen LogP contribution in [-0.2, 0) is 26.7 Å². The number of fused-ring (bicyclic) bond motifs is 3. The fourth-order valence-corrected chi connectivity index (χ4v) is 5.28. The molecular weight excluding hydrogens is 504 g/mol. The van der Waals surface area contributed by atoms with Crippen molar-refractivity contribution >= 4 is 33.9 Å². The molecule has 3 aromatic rings. The number of methoxy groups -OCH3 is 1. The predicted octanol–water partition coefficient (Wildman–Crippen LogP) is 6.05. The van der Waals surface area contributed by atoms with Crippen LogP contribution in [0.3, 0.4) is 0 Å². The van der Waals surface area contributed by atoms with Crippen LogP contribution >= 0.6 is 0 Å². The van der Waals surface area contributed by atoms with Gasteiger partial charge in [0.25, 0.3) is 0 Å². The molecule has 8 nitrogen and oxygen atoms in total. The van der Waals surface area contributed by atoms with E-state index in [9.17, 15) is 13.8 Å². The van der Waals surface area contributed by atoms with Gasteiger partial charge in [0.1, 0.15) is 23.0 Å². The molecule has 2 aromatic carbocycles. The summed E-state index contributed by atoms with van der Waals surface area (Å²) in [7, 11) is 0.392. The first-order chi connectivity index (χ1) is 17.7. The Kier molecular flexibility index (Phi) is 7.36. The Balaban J connectivity index is 2.01. The van der Waals surface area contributed by atoms with Crippen molar-refractivity contribution in [1.82, 2.24) is 9.47 Å². The van der Waals surface area contributed by atoms with Crippen molar-refractivity contribution in [3.63, 3.8) is 0 Å². The number of carbonyl (C=O) groups is 2. The molecule has 0 saturated heterocycles. The second-order valence-corrected chi connectivity index (χ2v) is 12.8. The number of hydrogen-bond acceptors (Lipinski definition) is 6. The van der Waals surface area contributed by atoms with Crippen molar-refractivity contribution in [2.24, 2.45) is 0 Å². The monoisotopic (exact) mass is 540 g/mol. The minimum Gasteiger partial charge on any atom is -0.497 e. The van der Waals surface area contributed by atoms with Gasteiger partial charge in [-0.2, -0.15) is 0 Å². The van der Waals surface area contributed by atoms with Gasteiger partial charge in [-0.15, -0.1) is 0 Å². The van der Waals surface area contributed by atoms with Gasteiger partial charge < -0.3 is 14.2 Å². The van der Waals surface area contributed by atoms with Crippen molar-refractivity contribution in [1.29, 1.82) is 0 Å². The number of aromatic nitrogens is 1. The van der Waals surface area contributed by atoms with E-state index >= 15 is 0 Å². The predicted molar refractivity (Wildman–Crippen MR) is 147 cm³/mol. The molecule has 0 spiro atoms. The van der Waals surface area contributed by atoms with Gasteiger partial charge in [-0.05, 0) is 89.4 Å². The highest BCUT2D eigenvalue weighted by molar-refractivity contribution is 7.84. The van der Waals surface area contributed by atoms with Crippen LogP contribution in [0.5, 0.6) is 5.75 Å². The summed E-state index contributed by atoms with van der Waals surface area (Å²) in [5.74, 6) is 0.677. The van der Waals surface area contributed by atoms with Crippen LogP contribution in [0.1, 0.15) is 64.4 Å². The number of carbonyl (C=O) groups excluding carboxylic acids is 2. The van der Waals surface area contributed by atoms with Gasteiger partial charge in [0.05, 0.1) is 18.3 Å². The number of rotatable bonds is 3. The van der Waals surface area contributed by atoms with E-state index in [1.807, 2.05) is 71.9 Å². The maximum absolute atomic E-state index is 13.7. The fraction of sp³-hybridized carbons (Fsp3) is 0.448. The van der Waals surface area contributed by atoms with E-state index in [4.69, 9.17) is 14.2 Å². The van der Waals surface area contributed by atoms with Crippen LogP contribution in [0, 0.1) is 0 Å². The van der Waals surface area contributed by atoms with Crippen molar-refractivity contribution in [3.8, 4) is 5.75 Å². The minimum atomic E-state index is -1.20. The van der Waals surface area contributed by atoms with Crippen molar-refractivity contribution in [2.75, 3.05) is 19.9 Å². The van der Waals surface area contributed by atoms with Gasteiger partial charge in [-0.1, -0.05) is 12.1 Å². The standard InChI is InChI=1S/C29H36N2O6S/c1-28(2,3)36-26(32)30-16-15-21-22-17-20(38(8)34)13-14-23(22)31(27(33)37-29(4,5)6)25(21)24(30)18-9-11-19(35-7)12-10-18/h9-14,17,24H,15-16H2,1-8H3. The largest absolute Gasteiger partial charge is 0.497 e. The van der Waals surface area contributed by atoms with Crippen molar-refractivity contribution in [3.05, 3.63) is 59.3 Å². The van der Waals surface area contributed by atoms with Gasteiger partial charge >= 0.3 is 12.2 Å². The molecule has 1 aromatic heterocycles. The maximum atomic E-state index is 13.7. The highest BCUT2D eigenvalue weighted by Crippen LogP contribution is 2.42. The minimum absolute atomic E-state index is 0.380. The van der Waals surface area contributed by atoms with Crippen molar-refractivity contribution < 1.29 is 28.0 Å². The normalized spacial score (nSPS) is 16.6. The molecule has 0 N–H and O–H groups in total. The van der Waals surface area contributed by atoms with Crippen LogP contribution in [0.2, 0.25) is 0 Å². The molecule has 0 saturated carbocycles. The average Bonchev–Trinajstić information content (AvgIpc) is 3.15. The van der Waals surface area contributed by atoms with E-state index < -0.39 is 40.2 Å². The SMILES string of the molecule is COc1ccc(C2c3c(c4cc(S(C)=O)ccc4n3C(=O)OC(C)(C)C)CCN2C(=O)OC(C)(C)C)cc1. The van der Waals surface area contributed by atoms with Crippen LogP contribution in [0.25, 0.3) is 10.9 Å². The molecule has 38 heavy (non-hydrogen) atoms. The van der Waals surface area contributed by atoms with Crippen LogP contribution in [0.4, 0.5) is 9.59 Å². The molecule has 1 aliphatic heterocycles. The summed E-state index contributed by atoms with van der Waals surface area (Å²) in [4.78, 5) is 29.6. The first-order valence-corrected chi connectivity index (χ1v) is 14.1. The molecule has 2 unspecified atom stereocenters. The molecule has 0 fully saturated rings. The highest BCUT2D eigenvalue weighted by atomic mass is 32.2. The topological polar surface area (TPSA) is 87.1 Å². The zero-order valence-corrected chi connectivity index (χ0v) is 24.1. The smallest absolute Gasteiger partial charge is 0.419 e. The molecule has 0 aliphatic carbocycles. The molecule has 0 bridgehead atoms. The molecule has 2 atom stereocenters. The average molecular weight is 541 g/mol. The maximum Gasteiger partial charge on any atom is 0.419 e. The lowest BCUT2D eigenvalue weighted by molar-refractivity contribution is 0.0164. The van der Waals surface area contributed by atoms with E-state index in [-0.39, 0.29) is 0 Å². The molecule has 1 amide bonds. The third kappa shape index (κ3) is 5.57. The lowest BCUT2D eigenvalue weighted by Gasteiger charge is -2.38. The summed E-state index contributed by atoms with van der Waals surface area (Å²) >= 11 is 0. The third-order valence-corrected chi connectivity index (χ3v) is 7.14. The van der Waals surface area contributed by atoms with Gasteiger partial charge in [0.2, 0.25) is 0 Å². The van der Waals surface area contributed by atoms with Gasteiger partial charge in [0.15, 0.2) is 0 Å². The number of amides is 1. The van der Waals surface area contributed by atoms with Crippen LogP contribution in [-0.4, -0.2) is 57.0 Å². The van der Waals surface area contributed by atoms with Crippen LogP contribution in [0.15, 0.2) is 47.4 Å². The summed E-state index contributed by atoms with van der Waals surface area (Å²) in [5.41, 5.74) is 1.56. The molecule has 4 rings (SSSR count). The highest BCUT2D eigenvalue weighted by Gasteiger charge is 2.40. The third-order valence-electron chi connectivity index (χ3n) is 6.23. The lowest BCUT2D eigenvalue weighted by atomic mass is 9.92. The lowest BCUT2D eigenvalue weighted by Crippen LogP contribution is -2.44. The second-order valence-electron chi connectivity index (χ2n) is 11.4. The first kappa shape index (κ1) is 27.7. The Bertz CT molecular complexity index is 1400. The van der Waals surface area contributed by atoms with Gasteiger partial charge in [-0.3, -0.25) is 9.11 Å². The van der Waals surface area contributed by atoms with E-state index in [0.717, 1.165) is 16.5 Å². The second kappa shape index (κ2) is 10.1. The quantitative estimate of drug-likeness (QED) is 0.402. The molecule has 9 heteroatoms.